The van der Waals surface area contributed by atoms with Gasteiger partial charge in [-0.05, 0) is 18.2 Å². The number of carbonyl (C=O) groups excluding carboxylic acids is 2. The Morgan fingerprint density at radius 2 is 2.09 bits per heavy atom. The Bertz CT molecular complexity index is 684. The van der Waals surface area contributed by atoms with E-state index in [0.717, 1.165) is 0 Å². The highest BCUT2D eigenvalue weighted by Gasteiger charge is 2.10. The fraction of sp³-hybridized carbons (Fsp3) is 0.267. The van der Waals surface area contributed by atoms with Gasteiger partial charge in [0.2, 0.25) is 5.91 Å². The standard InChI is InChI=1S/C15H18N4O4/c1-22-11-3-2-4-12(8-11)23-9-10-7-13(19-18-10)15(21)17-6-5-14(16)20/h2-4,7-8H,5-6,9H2,1H3,(H2,16,20)(H,17,21)(H,18,19). The molecule has 0 saturated carbocycles. The molecule has 0 atom stereocenters. The molecule has 0 aliphatic carbocycles. The average molecular weight is 318 g/mol. The number of hydrogen-bond acceptors (Lipinski definition) is 5. The summed E-state index contributed by atoms with van der Waals surface area (Å²) in [6, 6.07) is 8.78. The molecule has 0 bridgehead atoms. The molecule has 0 aliphatic rings. The van der Waals surface area contributed by atoms with Gasteiger partial charge in [-0.25, -0.2) is 0 Å². The summed E-state index contributed by atoms with van der Waals surface area (Å²) in [5, 5.41) is 9.18. The number of hydrogen-bond donors (Lipinski definition) is 3. The van der Waals surface area contributed by atoms with Crippen LogP contribution in [0.4, 0.5) is 0 Å². The molecule has 1 aromatic heterocycles. The van der Waals surface area contributed by atoms with Crippen LogP contribution in [-0.4, -0.2) is 35.7 Å². The highest BCUT2D eigenvalue weighted by atomic mass is 16.5. The van der Waals surface area contributed by atoms with Crippen LogP contribution in [0.3, 0.4) is 0 Å². The molecule has 2 rings (SSSR count). The van der Waals surface area contributed by atoms with Crippen molar-refractivity contribution >= 4 is 11.8 Å². The summed E-state index contributed by atoms with van der Waals surface area (Å²) < 4.78 is 10.7. The number of ether oxygens (including phenoxy) is 2. The lowest BCUT2D eigenvalue weighted by Crippen LogP contribution is -2.28. The molecule has 4 N–H and O–H groups in total. The van der Waals surface area contributed by atoms with Crippen LogP contribution in [0.15, 0.2) is 30.3 Å². The first-order chi connectivity index (χ1) is 11.1. The molecule has 0 aliphatic heterocycles. The van der Waals surface area contributed by atoms with Crippen LogP contribution >= 0.6 is 0 Å². The molecule has 0 fully saturated rings. The number of primary amides is 1. The van der Waals surface area contributed by atoms with Crippen molar-refractivity contribution in [3.63, 3.8) is 0 Å². The molecule has 122 valence electrons. The predicted molar refractivity (Wildman–Crippen MR) is 82.1 cm³/mol. The van der Waals surface area contributed by atoms with Crippen molar-refractivity contribution in [2.45, 2.75) is 13.0 Å². The fourth-order valence-electron chi connectivity index (χ4n) is 1.79. The largest absolute Gasteiger partial charge is 0.497 e. The number of aromatic nitrogens is 2. The minimum atomic E-state index is -0.472. The minimum absolute atomic E-state index is 0.0853. The Morgan fingerprint density at radius 3 is 2.83 bits per heavy atom. The summed E-state index contributed by atoms with van der Waals surface area (Å²) >= 11 is 0. The van der Waals surface area contributed by atoms with Crippen molar-refractivity contribution in [3.05, 3.63) is 41.7 Å². The Labute approximate surface area is 133 Å². The molecule has 1 heterocycles. The van der Waals surface area contributed by atoms with Gasteiger partial charge in [-0.2, -0.15) is 5.10 Å². The first-order valence-electron chi connectivity index (χ1n) is 6.96. The van der Waals surface area contributed by atoms with Crippen molar-refractivity contribution in [2.24, 2.45) is 5.73 Å². The normalized spacial score (nSPS) is 10.1. The Kier molecular flexibility index (Phi) is 5.56. The van der Waals surface area contributed by atoms with E-state index in [-0.39, 0.29) is 31.2 Å². The highest BCUT2D eigenvalue weighted by molar-refractivity contribution is 5.92. The zero-order valence-corrected chi connectivity index (χ0v) is 12.7. The lowest BCUT2D eigenvalue weighted by Gasteiger charge is -2.06. The van der Waals surface area contributed by atoms with Crippen LogP contribution < -0.4 is 20.5 Å². The third-order valence-electron chi connectivity index (χ3n) is 2.96. The maximum Gasteiger partial charge on any atom is 0.271 e. The first kappa shape index (κ1) is 16.3. The average Bonchev–Trinajstić information content (AvgIpc) is 3.02. The number of rotatable bonds is 8. The quantitative estimate of drug-likeness (QED) is 0.658. The number of aromatic amines is 1. The summed E-state index contributed by atoms with van der Waals surface area (Å²) in [6.45, 7) is 0.408. The highest BCUT2D eigenvalue weighted by Crippen LogP contribution is 2.19. The molecule has 0 radical (unpaired) electrons. The van der Waals surface area contributed by atoms with E-state index in [1.807, 2.05) is 12.1 Å². The summed E-state index contributed by atoms with van der Waals surface area (Å²) in [4.78, 5) is 22.4. The second-order valence-corrected chi connectivity index (χ2v) is 4.72. The van der Waals surface area contributed by atoms with E-state index in [1.165, 1.54) is 0 Å². The van der Waals surface area contributed by atoms with E-state index in [2.05, 4.69) is 15.5 Å². The second-order valence-electron chi connectivity index (χ2n) is 4.72. The van der Waals surface area contributed by atoms with E-state index in [1.54, 1.807) is 25.3 Å². The van der Waals surface area contributed by atoms with Gasteiger partial charge in [-0.1, -0.05) is 6.07 Å². The number of nitrogens with two attached hydrogens (primary N) is 1. The Hall–Kier alpha value is -3.03. The van der Waals surface area contributed by atoms with Gasteiger partial charge >= 0.3 is 0 Å². The van der Waals surface area contributed by atoms with E-state index >= 15 is 0 Å². The summed E-state index contributed by atoms with van der Waals surface area (Å²) in [5.41, 5.74) is 5.87. The SMILES string of the molecule is COc1cccc(OCc2cc(C(=O)NCCC(N)=O)n[nH]2)c1. The van der Waals surface area contributed by atoms with Crippen molar-refractivity contribution in [1.82, 2.24) is 15.5 Å². The van der Waals surface area contributed by atoms with Crippen LogP contribution in [0, 0.1) is 0 Å². The maximum absolute atomic E-state index is 11.8. The number of methoxy groups -OCH3 is 1. The van der Waals surface area contributed by atoms with E-state index < -0.39 is 5.91 Å². The smallest absolute Gasteiger partial charge is 0.271 e. The molecular formula is C15H18N4O4. The summed E-state index contributed by atoms with van der Waals surface area (Å²) in [5.74, 6) is 0.489. The van der Waals surface area contributed by atoms with Crippen LogP contribution in [-0.2, 0) is 11.4 Å². The monoisotopic (exact) mass is 318 g/mol. The molecule has 0 unspecified atom stereocenters. The van der Waals surface area contributed by atoms with Crippen LogP contribution in [0.25, 0.3) is 0 Å². The van der Waals surface area contributed by atoms with Gasteiger partial charge in [-0.3, -0.25) is 14.7 Å². The number of amides is 2. The molecule has 23 heavy (non-hydrogen) atoms. The van der Waals surface area contributed by atoms with Gasteiger partial charge in [-0.15, -0.1) is 0 Å². The van der Waals surface area contributed by atoms with E-state index in [0.29, 0.717) is 17.2 Å². The number of nitrogens with zero attached hydrogens (tertiary/aromatic N) is 1. The van der Waals surface area contributed by atoms with Crippen LogP contribution in [0.5, 0.6) is 11.5 Å². The number of benzene rings is 1. The van der Waals surface area contributed by atoms with Gasteiger partial charge < -0.3 is 20.5 Å². The van der Waals surface area contributed by atoms with Gasteiger partial charge in [0.1, 0.15) is 23.8 Å². The molecule has 8 nitrogen and oxygen atoms in total. The van der Waals surface area contributed by atoms with Gasteiger partial charge in [0.25, 0.3) is 5.91 Å². The number of carbonyl (C=O) groups is 2. The Morgan fingerprint density at radius 1 is 1.30 bits per heavy atom. The fourth-order valence-corrected chi connectivity index (χ4v) is 1.79. The maximum atomic E-state index is 11.8. The molecule has 0 spiro atoms. The number of nitrogens with one attached hydrogen (secondary N) is 2. The van der Waals surface area contributed by atoms with Gasteiger partial charge in [0, 0.05) is 19.0 Å². The molecule has 2 amide bonds. The van der Waals surface area contributed by atoms with Crippen LogP contribution in [0.2, 0.25) is 0 Å². The lowest BCUT2D eigenvalue weighted by atomic mass is 10.3. The van der Waals surface area contributed by atoms with Gasteiger partial charge in [0.15, 0.2) is 0 Å². The van der Waals surface area contributed by atoms with Gasteiger partial charge in [0.05, 0.1) is 12.8 Å². The lowest BCUT2D eigenvalue weighted by molar-refractivity contribution is -0.117. The zero-order valence-electron chi connectivity index (χ0n) is 12.7. The van der Waals surface area contributed by atoms with E-state index in [9.17, 15) is 9.59 Å². The van der Waals surface area contributed by atoms with Crippen molar-refractivity contribution in [1.29, 1.82) is 0 Å². The molecule has 0 saturated heterocycles. The third-order valence-corrected chi connectivity index (χ3v) is 2.96. The molecule has 8 heteroatoms. The summed E-state index contributed by atoms with van der Waals surface area (Å²) in [7, 11) is 1.58. The minimum Gasteiger partial charge on any atom is -0.497 e. The molecular weight excluding hydrogens is 300 g/mol. The molecule has 2 aromatic rings. The topological polar surface area (TPSA) is 119 Å². The van der Waals surface area contributed by atoms with Crippen LogP contribution in [0.1, 0.15) is 22.6 Å². The first-order valence-corrected chi connectivity index (χ1v) is 6.96. The predicted octanol–water partition coefficient (Wildman–Crippen LogP) is 0.602. The second kappa shape index (κ2) is 7.83. The Balaban J connectivity index is 1.86. The van der Waals surface area contributed by atoms with Crippen molar-refractivity contribution in [3.8, 4) is 11.5 Å². The summed E-state index contributed by atoms with van der Waals surface area (Å²) in [6.07, 6.45) is 0.0853. The van der Waals surface area contributed by atoms with E-state index in [4.69, 9.17) is 15.2 Å². The number of H-pyrrole nitrogens is 1. The molecule has 1 aromatic carbocycles. The van der Waals surface area contributed by atoms with Crippen molar-refractivity contribution in [2.75, 3.05) is 13.7 Å². The third kappa shape index (κ3) is 5.03. The van der Waals surface area contributed by atoms with Crippen molar-refractivity contribution < 1.29 is 19.1 Å². The zero-order chi connectivity index (χ0) is 16.7.